The molecule has 0 fully saturated rings. The maximum absolute atomic E-state index is 3.88. The third kappa shape index (κ3) is 2.59. The molecule has 0 saturated carbocycles. The Morgan fingerprint density at radius 3 is 2.25 bits per heavy atom. The molecule has 0 aliphatic carbocycles. The molecule has 0 amide bonds. The molecule has 0 spiro atoms. The predicted octanol–water partition coefficient (Wildman–Crippen LogP) is 10.5. The minimum Gasteiger partial charge on any atom is -0.315 e. The van der Waals surface area contributed by atoms with Crippen LogP contribution in [0.5, 0.6) is 0 Å². The monoisotopic (exact) mass is 495 g/mol. The second-order valence-corrected chi connectivity index (χ2v) is 11.6. The number of pyridine rings is 1. The fourth-order valence-corrected chi connectivity index (χ4v) is 8.28. The quantitative estimate of drug-likeness (QED) is 0.166. The molecule has 36 heavy (non-hydrogen) atoms. The number of allylic oxidation sites excluding steroid dienone is 2. The first-order chi connectivity index (χ1) is 17.7. The fraction of sp³-hybridized carbons (Fsp3) is 0.0303. The van der Waals surface area contributed by atoms with Gasteiger partial charge in [-0.05, 0) is 42.3 Å². The van der Waals surface area contributed by atoms with Gasteiger partial charge >= 0.3 is 0 Å². The third-order valence-corrected chi connectivity index (χ3v) is 9.87. The van der Waals surface area contributed by atoms with Crippen LogP contribution in [0.25, 0.3) is 73.6 Å². The molecule has 1 nitrogen and oxygen atoms in total. The smallest absolute Gasteiger partial charge is 0.0570 e. The maximum atomic E-state index is 3.88. The Labute approximate surface area is 215 Å². The topological polar surface area (TPSA) is 4.41 Å². The third-order valence-electron chi connectivity index (χ3n) is 7.54. The minimum atomic E-state index is 1.23. The lowest BCUT2D eigenvalue weighted by Crippen LogP contribution is -1.90. The van der Waals surface area contributed by atoms with Crippen molar-refractivity contribution in [1.82, 2.24) is 4.40 Å². The number of nitrogens with zero attached hydrogens (tertiary/aromatic N) is 1. The van der Waals surface area contributed by atoms with Crippen LogP contribution in [-0.2, 0) is 0 Å². The van der Waals surface area contributed by atoms with Crippen LogP contribution in [-0.4, -0.2) is 4.40 Å². The first-order valence-electron chi connectivity index (χ1n) is 12.1. The molecular weight excluding hydrogens is 475 g/mol. The van der Waals surface area contributed by atoms with Gasteiger partial charge < -0.3 is 4.40 Å². The van der Waals surface area contributed by atoms with Gasteiger partial charge in [-0.3, -0.25) is 0 Å². The van der Waals surface area contributed by atoms with E-state index in [0.717, 1.165) is 0 Å². The van der Waals surface area contributed by atoms with Gasteiger partial charge in [0.15, 0.2) is 0 Å². The van der Waals surface area contributed by atoms with Crippen LogP contribution in [0.1, 0.15) is 11.1 Å². The van der Waals surface area contributed by atoms with Crippen molar-refractivity contribution in [3.05, 3.63) is 109 Å². The lowest BCUT2D eigenvalue weighted by Gasteiger charge is -2.12. The van der Waals surface area contributed by atoms with Gasteiger partial charge in [-0.1, -0.05) is 73.3 Å². The summed E-state index contributed by atoms with van der Waals surface area (Å²) in [6.07, 6.45) is 8.34. The van der Waals surface area contributed by atoms with Gasteiger partial charge in [-0.25, -0.2) is 0 Å². The van der Waals surface area contributed by atoms with E-state index < -0.39 is 0 Å². The number of benzene rings is 4. The molecule has 8 rings (SSSR count). The summed E-state index contributed by atoms with van der Waals surface area (Å²) < 4.78 is 7.82. The van der Waals surface area contributed by atoms with Gasteiger partial charge in [0.25, 0.3) is 0 Å². The first-order valence-corrected chi connectivity index (χ1v) is 13.8. The molecular formula is C33H21NS2. The Morgan fingerprint density at radius 2 is 1.44 bits per heavy atom. The van der Waals surface area contributed by atoms with Crippen molar-refractivity contribution in [3.8, 4) is 0 Å². The Kier molecular flexibility index (Phi) is 4.11. The number of aryl methyl sites for hydroxylation is 1. The lowest BCUT2D eigenvalue weighted by atomic mass is 9.99. The van der Waals surface area contributed by atoms with Crippen LogP contribution in [0.15, 0.2) is 97.7 Å². The summed E-state index contributed by atoms with van der Waals surface area (Å²) in [4.78, 5) is 0. The Balaban J connectivity index is 1.68. The van der Waals surface area contributed by atoms with Crippen LogP contribution in [0.3, 0.4) is 0 Å². The minimum absolute atomic E-state index is 1.23. The standard InChI is InChI=1S/C33H21NS2/c1-3-4-9-20-18-34-27-17-30-25(22-11-6-7-12-28(22)35-30)16-26(27)31-24(32(34)19(20)2)15-14-23-21-10-5-8-13-29(21)36-33(23)31/h3-18H,1H2,2H3/b9-4-. The summed E-state index contributed by atoms with van der Waals surface area (Å²) in [5.74, 6) is 0. The number of hydrogen-bond acceptors (Lipinski definition) is 2. The van der Waals surface area contributed by atoms with E-state index in [1.807, 2.05) is 34.8 Å². The zero-order valence-electron chi connectivity index (χ0n) is 19.7. The molecule has 4 heterocycles. The Hall–Kier alpha value is -3.92. The molecule has 4 aromatic carbocycles. The van der Waals surface area contributed by atoms with Gasteiger partial charge in [0.1, 0.15) is 0 Å². The Morgan fingerprint density at radius 1 is 0.722 bits per heavy atom. The summed E-state index contributed by atoms with van der Waals surface area (Å²) in [6, 6.07) is 27.1. The van der Waals surface area contributed by atoms with E-state index in [-0.39, 0.29) is 0 Å². The average Bonchev–Trinajstić information content (AvgIpc) is 3.57. The highest BCUT2D eigenvalue weighted by atomic mass is 32.1. The van der Waals surface area contributed by atoms with Crippen LogP contribution in [0, 0.1) is 6.92 Å². The molecule has 170 valence electrons. The molecule has 0 radical (unpaired) electrons. The second kappa shape index (κ2) is 7.30. The van der Waals surface area contributed by atoms with Crippen LogP contribution in [0.2, 0.25) is 0 Å². The molecule has 0 aliphatic heterocycles. The van der Waals surface area contributed by atoms with Crippen molar-refractivity contribution in [2.24, 2.45) is 0 Å². The molecule has 0 atom stereocenters. The van der Waals surface area contributed by atoms with Gasteiger partial charge in [-0.2, -0.15) is 0 Å². The van der Waals surface area contributed by atoms with E-state index in [1.54, 1.807) is 0 Å². The van der Waals surface area contributed by atoms with Gasteiger partial charge in [-0.15, -0.1) is 22.7 Å². The number of fused-ring (bicyclic) bond motifs is 13. The zero-order valence-corrected chi connectivity index (χ0v) is 21.3. The van der Waals surface area contributed by atoms with Crippen molar-refractivity contribution in [3.63, 3.8) is 0 Å². The van der Waals surface area contributed by atoms with E-state index in [2.05, 4.69) is 103 Å². The van der Waals surface area contributed by atoms with Crippen molar-refractivity contribution < 1.29 is 0 Å². The van der Waals surface area contributed by atoms with E-state index >= 15 is 0 Å². The molecule has 4 aromatic heterocycles. The van der Waals surface area contributed by atoms with Crippen molar-refractivity contribution in [2.75, 3.05) is 0 Å². The van der Waals surface area contributed by atoms with E-state index in [0.29, 0.717) is 0 Å². The highest BCUT2D eigenvalue weighted by Crippen LogP contribution is 2.45. The highest BCUT2D eigenvalue weighted by molar-refractivity contribution is 7.27. The highest BCUT2D eigenvalue weighted by Gasteiger charge is 2.19. The summed E-state index contributed by atoms with van der Waals surface area (Å²) in [7, 11) is 0. The average molecular weight is 496 g/mol. The summed E-state index contributed by atoms with van der Waals surface area (Å²) in [5.41, 5.74) is 5.09. The van der Waals surface area contributed by atoms with Crippen molar-refractivity contribution >= 4 is 96.3 Å². The maximum Gasteiger partial charge on any atom is 0.0570 e. The summed E-state index contributed by atoms with van der Waals surface area (Å²) >= 11 is 3.80. The molecule has 0 unspecified atom stereocenters. The molecule has 3 heteroatoms. The zero-order chi connectivity index (χ0) is 24.0. The van der Waals surface area contributed by atoms with Crippen LogP contribution in [0.4, 0.5) is 0 Å². The van der Waals surface area contributed by atoms with Crippen molar-refractivity contribution in [1.29, 1.82) is 0 Å². The molecule has 0 saturated heterocycles. The largest absolute Gasteiger partial charge is 0.315 e. The first kappa shape index (κ1) is 20.3. The number of hydrogen-bond donors (Lipinski definition) is 0. The van der Waals surface area contributed by atoms with E-state index in [1.165, 1.54) is 78.7 Å². The number of rotatable bonds is 2. The molecule has 0 bridgehead atoms. The van der Waals surface area contributed by atoms with Gasteiger partial charge in [0.05, 0.1) is 11.0 Å². The predicted molar refractivity (Wildman–Crippen MR) is 162 cm³/mol. The second-order valence-electron chi connectivity index (χ2n) is 9.45. The summed E-state index contributed by atoms with van der Waals surface area (Å²) in [5, 5.41) is 9.38. The van der Waals surface area contributed by atoms with E-state index in [4.69, 9.17) is 0 Å². The van der Waals surface area contributed by atoms with Crippen LogP contribution >= 0.6 is 22.7 Å². The van der Waals surface area contributed by atoms with Gasteiger partial charge in [0, 0.05) is 62.7 Å². The van der Waals surface area contributed by atoms with Crippen molar-refractivity contribution in [2.45, 2.75) is 6.92 Å². The number of thiophene rings is 2. The normalized spacial score (nSPS) is 12.6. The molecule has 8 aromatic rings. The summed E-state index contributed by atoms with van der Waals surface area (Å²) in [6.45, 7) is 6.12. The fourth-order valence-electron chi connectivity index (χ4n) is 5.89. The van der Waals surface area contributed by atoms with Crippen LogP contribution < -0.4 is 0 Å². The van der Waals surface area contributed by atoms with E-state index in [9.17, 15) is 0 Å². The SMILES string of the molecule is C=C/C=C\c1cn2c3cc4sc5ccccc5c4cc3c3c(ccc4c5ccccc5sc43)c2c1C. The number of aromatic nitrogens is 1. The molecule has 0 N–H and O–H groups in total. The van der Waals surface area contributed by atoms with Gasteiger partial charge in [0.2, 0.25) is 0 Å². The lowest BCUT2D eigenvalue weighted by molar-refractivity contribution is 1.28. The molecule has 0 aliphatic rings. The Bertz CT molecular complexity index is 2230.